The average Bonchev–Trinajstić information content (AvgIpc) is 3.09. The molecule has 7 nitrogen and oxygen atoms in total. The van der Waals surface area contributed by atoms with Gasteiger partial charge in [-0.3, -0.25) is 9.58 Å². The summed E-state index contributed by atoms with van der Waals surface area (Å²) < 4.78 is 32.1. The molecule has 3 aliphatic rings. The van der Waals surface area contributed by atoms with Gasteiger partial charge in [0.15, 0.2) is 11.6 Å². The SMILES string of the molecule is CC(C)n1nc(-c2cnc(N)c(OC(F)F)c2)cc1[C@H]1[C@@H]2C[C@@H](N3CCN(C)C[C@@H]3C)C[C@@H]21. The molecule has 0 bridgehead atoms. The van der Waals surface area contributed by atoms with Crippen LogP contribution in [0, 0.1) is 11.8 Å². The van der Waals surface area contributed by atoms with Gasteiger partial charge >= 0.3 is 6.61 Å². The van der Waals surface area contributed by atoms with Gasteiger partial charge in [-0.05, 0) is 64.6 Å². The summed E-state index contributed by atoms with van der Waals surface area (Å²) in [4.78, 5) is 9.19. The van der Waals surface area contributed by atoms with E-state index in [4.69, 9.17) is 10.8 Å². The number of anilines is 1. The third-order valence-corrected chi connectivity index (χ3v) is 7.76. The van der Waals surface area contributed by atoms with Crippen molar-refractivity contribution in [3.63, 3.8) is 0 Å². The summed E-state index contributed by atoms with van der Waals surface area (Å²) in [5, 5.41) is 4.82. The van der Waals surface area contributed by atoms with Gasteiger partial charge in [0.05, 0.1) is 5.69 Å². The number of rotatable bonds is 6. The van der Waals surface area contributed by atoms with Gasteiger partial charge in [0.25, 0.3) is 0 Å². The highest BCUT2D eigenvalue weighted by Gasteiger charge is 2.59. The summed E-state index contributed by atoms with van der Waals surface area (Å²) in [5.74, 6) is 1.75. The summed E-state index contributed by atoms with van der Waals surface area (Å²) in [7, 11) is 2.21. The Morgan fingerprint density at radius 2 is 1.88 bits per heavy atom. The minimum atomic E-state index is -2.95. The molecule has 3 fully saturated rings. The Morgan fingerprint density at radius 1 is 1.15 bits per heavy atom. The maximum Gasteiger partial charge on any atom is 0.387 e. The second kappa shape index (κ2) is 8.51. The van der Waals surface area contributed by atoms with Crippen molar-refractivity contribution >= 4 is 5.82 Å². The van der Waals surface area contributed by atoms with Gasteiger partial charge in [0.1, 0.15) is 0 Å². The average molecular weight is 461 g/mol. The predicted octanol–water partition coefficient (Wildman–Crippen LogP) is 3.84. The van der Waals surface area contributed by atoms with Crippen molar-refractivity contribution in [3.05, 3.63) is 24.0 Å². The number of pyridine rings is 1. The van der Waals surface area contributed by atoms with Gasteiger partial charge in [-0.2, -0.15) is 13.9 Å². The van der Waals surface area contributed by atoms with Crippen LogP contribution in [0.25, 0.3) is 11.3 Å². The van der Waals surface area contributed by atoms with Crippen molar-refractivity contribution in [2.45, 2.75) is 64.3 Å². The molecule has 2 aromatic rings. The first-order valence-corrected chi connectivity index (χ1v) is 12.0. The Kier molecular flexibility index (Phi) is 5.81. The van der Waals surface area contributed by atoms with Crippen LogP contribution in [0.2, 0.25) is 0 Å². The quantitative estimate of drug-likeness (QED) is 0.706. The van der Waals surface area contributed by atoms with E-state index in [0.29, 0.717) is 35.4 Å². The van der Waals surface area contributed by atoms with Crippen LogP contribution in [-0.2, 0) is 0 Å². The molecule has 0 spiro atoms. The maximum absolute atomic E-state index is 12.7. The summed E-state index contributed by atoms with van der Waals surface area (Å²) >= 11 is 0. The number of hydrogen-bond donors (Lipinski definition) is 1. The molecule has 2 aliphatic carbocycles. The largest absolute Gasteiger partial charge is 0.431 e. The van der Waals surface area contributed by atoms with Gasteiger partial charge in [-0.25, -0.2) is 4.98 Å². The van der Waals surface area contributed by atoms with Crippen molar-refractivity contribution < 1.29 is 13.5 Å². The molecule has 5 rings (SSSR count). The van der Waals surface area contributed by atoms with Crippen LogP contribution in [0.1, 0.15) is 51.3 Å². The Morgan fingerprint density at radius 3 is 2.52 bits per heavy atom. The van der Waals surface area contributed by atoms with Crippen LogP contribution in [0.3, 0.4) is 0 Å². The monoisotopic (exact) mass is 460 g/mol. The molecule has 1 saturated heterocycles. The number of nitrogens with zero attached hydrogens (tertiary/aromatic N) is 5. The van der Waals surface area contributed by atoms with Gasteiger partial charge in [-0.1, -0.05) is 0 Å². The van der Waals surface area contributed by atoms with Crippen molar-refractivity contribution in [3.8, 4) is 17.0 Å². The number of alkyl halides is 2. The Labute approximate surface area is 193 Å². The molecular weight excluding hydrogens is 426 g/mol. The smallest absolute Gasteiger partial charge is 0.387 e. The number of halogens is 2. The highest BCUT2D eigenvalue weighted by atomic mass is 19.3. The van der Waals surface area contributed by atoms with Crippen LogP contribution < -0.4 is 10.5 Å². The molecule has 1 aliphatic heterocycles. The van der Waals surface area contributed by atoms with E-state index in [2.05, 4.69) is 58.1 Å². The second-order valence-electron chi connectivity index (χ2n) is 10.3. The minimum absolute atomic E-state index is 0.0523. The molecule has 5 atom stereocenters. The van der Waals surface area contributed by atoms with E-state index in [1.807, 2.05) is 0 Å². The summed E-state index contributed by atoms with van der Waals surface area (Å²) in [6.07, 6.45) is 4.07. The fraction of sp³-hybridized carbons (Fsp3) is 0.667. The Balaban J connectivity index is 1.34. The number of ether oxygens (including phenoxy) is 1. The lowest BCUT2D eigenvalue weighted by Crippen LogP contribution is -2.54. The number of likely N-dealkylation sites (N-methyl/N-ethyl adjacent to an activating group) is 1. The molecular formula is C24H34F2N6O. The molecule has 2 N–H and O–H groups in total. The molecule has 3 heterocycles. The minimum Gasteiger partial charge on any atom is -0.431 e. The normalized spacial score (nSPS) is 30.2. The fourth-order valence-corrected chi connectivity index (χ4v) is 6.22. The van der Waals surface area contributed by atoms with E-state index in [0.717, 1.165) is 25.3 Å². The number of fused-ring (bicyclic) bond motifs is 1. The third kappa shape index (κ3) is 4.21. The van der Waals surface area contributed by atoms with Crippen molar-refractivity contribution in [2.24, 2.45) is 11.8 Å². The van der Waals surface area contributed by atoms with Crippen LogP contribution in [0.15, 0.2) is 18.3 Å². The van der Waals surface area contributed by atoms with Gasteiger partial charge in [-0.15, -0.1) is 0 Å². The standard InChI is InChI=1S/C24H34F2N6O/c1-13(2)32-20(10-19(29-32)15-7-21(33-24(25)26)23(27)28-11-15)22-17-8-16(9-18(17)22)31-6-5-30(4)12-14(31)3/h7,10-11,13-14,16-18,22,24H,5-6,8-9,12H2,1-4H3,(H2,27,28)/t14-,16-,17-,18+,22+/m0/s1. The maximum atomic E-state index is 12.7. The molecule has 33 heavy (non-hydrogen) atoms. The van der Waals surface area contributed by atoms with Crippen molar-refractivity contribution in [1.29, 1.82) is 0 Å². The van der Waals surface area contributed by atoms with E-state index in [-0.39, 0.29) is 17.6 Å². The molecule has 0 unspecified atom stereocenters. The van der Waals surface area contributed by atoms with Crippen LogP contribution in [0.5, 0.6) is 5.75 Å². The van der Waals surface area contributed by atoms with Gasteiger partial charge < -0.3 is 15.4 Å². The zero-order valence-corrected chi connectivity index (χ0v) is 19.8. The summed E-state index contributed by atoms with van der Waals surface area (Å²) in [6.45, 7) is 7.11. The van der Waals surface area contributed by atoms with Gasteiger partial charge in [0, 0.05) is 61.1 Å². The Hall–Kier alpha value is -2.26. The van der Waals surface area contributed by atoms with E-state index >= 15 is 0 Å². The summed E-state index contributed by atoms with van der Waals surface area (Å²) in [6, 6.07) is 5.12. The fourth-order valence-electron chi connectivity index (χ4n) is 6.22. The topological polar surface area (TPSA) is 72.4 Å². The lowest BCUT2D eigenvalue weighted by molar-refractivity contribution is -0.0494. The Bertz CT molecular complexity index is 999. The first kappa shape index (κ1) is 22.5. The van der Waals surface area contributed by atoms with Crippen LogP contribution in [-0.4, -0.2) is 69.9 Å². The summed E-state index contributed by atoms with van der Waals surface area (Å²) in [5.41, 5.74) is 8.31. The molecule has 9 heteroatoms. The number of piperazine rings is 1. The predicted molar refractivity (Wildman–Crippen MR) is 123 cm³/mol. The highest BCUT2D eigenvalue weighted by Crippen LogP contribution is 2.64. The molecule has 0 amide bonds. The van der Waals surface area contributed by atoms with Crippen molar-refractivity contribution in [2.75, 3.05) is 32.4 Å². The van der Waals surface area contributed by atoms with Crippen LogP contribution >= 0.6 is 0 Å². The first-order valence-electron chi connectivity index (χ1n) is 12.0. The van der Waals surface area contributed by atoms with Crippen molar-refractivity contribution in [1.82, 2.24) is 24.6 Å². The van der Waals surface area contributed by atoms with E-state index in [1.165, 1.54) is 24.6 Å². The number of nitrogen functional groups attached to an aromatic ring is 1. The second-order valence-corrected chi connectivity index (χ2v) is 10.3. The van der Waals surface area contributed by atoms with E-state index in [9.17, 15) is 8.78 Å². The molecule has 2 aromatic heterocycles. The molecule has 0 radical (unpaired) electrons. The van der Waals surface area contributed by atoms with E-state index < -0.39 is 6.61 Å². The molecule has 0 aromatic carbocycles. The highest BCUT2D eigenvalue weighted by molar-refractivity contribution is 5.64. The first-order chi connectivity index (χ1) is 15.7. The van der Waals surface area contributed by atoms with E-state index in [1.54, 1.807) is 6.20 Å². The molecule has 180 valence electrons. The van der Waals surface area contributed by atoms with Gasteiger partial charge in [0.2, 0.25) is 0 Å². The zero-order chi connectivity index (χ0) is 23.4. The lowest BCUT2D eigenvalue weighted by atomic mass is 10.00. The number of hydrogen-bond acceptors (Lipinski definition) is 6. The third-order valence-electron chi connectivity index (χ3n) is 7.76. The van der Waals surface area contributed by atoms with Crippen LogP contribution in [0.4, 0.5) is 14.6 Å². The number of aromatic nitrogens is 3. The lowest BCUT2D eigenvalue weighted by Gasteiger charge is -2.42. The number of nitrogens with two attached hydrogens (primary N) is 1. The zero-order valence-electron chi connectivity index (χ0n) is 19.8. The molecule has 2 saturated carbocycles.